The van der Waals surface area contributed by atoms with Gasteiger partial charge in [-0.05, 0) is 30.5 Å². The van der Waals surface area contributed by atoms with E-state index >= 15 is 0 Å². The SMILES string of the molecule is COc1ccnc(N2C[C@H]3CN(C(=O)C4CCC4)[C@@H](c4cccc(F)c4)[C@H]3C2)n1. The molecular formula is C22H25FN4O2. The van der Waals surface area contributed by atoms with E-state index in [9.17, 15) is 9.18 Å². The van der Waals surface area contributed by atoms with Crippen LogP contribution in [0.2, 0.25) is 0 Å². The minimum Gasteiger partial charge on any atom is -0.481 e. The number of hydrogen-bond donors (Lipinski definition) is 0. The molecule has 3 fully saturated rings. The molecule has 0 N–H and O–H groups in total. The number of benzene rings is 1. The monoisotopic (exact) mass is 396 g/mol. The van der Waals surface area contributed by atoms with Gasteiger partial charge in [0.05, 0.1) is 13.2 Å². The van der Waals surface area contributed by atoms with E-state index in [1.54, 1.807) is 31.5 Å². The molecule has 1 saturated carbocycles. The Morgan fingerprint density at radius 2 is 2.07 bits per heavy atom. The second kappa shape index (κ2) is 7.28. The number of carbonyl (C=O) groups is 1. The number of carbonyl (C=O) groups excluding carboxylic acids is 1. The molecule has 152 valence electrons. The summed E-state index contributed by atoms with van der Waals surface area (Å²) in [5.74, 6) is 1.86. The quantitative estimate of drug-likeness (QED) is 0.795. The molecule has 3 heterocycles. The maximum atomic E-state index is 14.0. The highest BCUT2D eigenvalue weighted by Gasteiger charge is 2.50. The van der Waals surface area contributed by atoms with Gasteiger partial charge in [-0.25, -0.2) is 9.37 Å². The molecule has 6 nitrogen and oxygen atoms in total. The first-order chi connectivity index (χ1) is 14.1. The number of anilines is 1. The fraction of sp³-hybridized carbons (Fsp3) is 0.500. The Labute approximate surface area is 169 Å². The largest absolute Gasteiger partial charge is 0.481 e. The molecule has 5 rings (SSSR count). The predicted octanol–water partition coefficient (Wildman–Crippen LogP) is 3.06. The van der Waals surface area contributed by atoms with Crippen LogP contribution in [0.5, 0.6) is 5.88 Å². The molecular weight excluding hydrogens is 371 g/mol. The van der Waals surface area contributed by atoms with E-state index in [0.717, 1.165) is 37.9 Å². The summed E-state index contributed by atoms with van der Waals surface area (Å²) in [6, 6.07) is 8.36. The van der Waals surface area contributed by atoms with Crippen molar-refractivity contribution in [3.63, 3.8) is 0 Å². The van der Waals surface area contributed by atoms with Crippen molar-refractivity contribution in [3.8, 4) is 5.88 Å². The summed E-state index contributed by atoms with van der Waals surface area (Å²) in [5.41, 5.74) is 0.888. The van der Waals surface area contributed by atoms with Crippen molar-refractivity contribution in [1.29, 1.82) is 0 Å². The van der Waals surface area contributed by atoms with Crippen molar-refractivity contribution in [2.75, 3.05) is 31.6 Å². The van der Waals surface area contributed by atoms with Crippen molar-refractivity contribution in [2.45, 2.75) is 25.3 Å². The van der Waals surface area contributed by atoms with Gasteiger partial charge in [-0.3, -0.25) is 4.79 Å². The number of aromatic nitrogens is 2. The third-order valence-electron chi connectivity index (χ3n) is 6.70. The lowest BCUT2D eigenvalue weighted by Gasteiger charge is -2.35. The Balaban J connectivity index is 1.44. The first-order valence-corrected chi connectivity index (χ1v) is 10.3. The third kappa shape index (κ3) is 3.22. The summed E-state index contributed by atoms with van der Waals surface area (Å²) in [6.45, 7) is 2.24. The fourth-order valence-electron chi connectivity index (χ4n) is 5.04. The molecule has 0 unspecified atom stereocenters. The second-order valence-corrected chi connectivity index (χ2v) is 8.35. The van der Waals surface area contributed by atoms with Crippen LogP contribution in [-0.4, -0.2) is 47.5 Å². The zero-order chi connectivity index (χ0) is 20.0. The van der Waals surface area contributed by atoms with Crippen molar-refractivity contribution in [1.82, 2.24) is 14.9 Å². The second-order valence-electron chi connectivity index (χ2n) is 8.35. The summed E-state index contributed by atoms with van der Waals surface area (Å²) < 4.78 is 19.2. The van der Waals surface area contributed by atoms with Gasteiger partial charge in [0.2, 0.25) is 17.7 Å². The maximum absolute atomic E-state index is 14.0. The molecule has 29 heavy (non-hydrogen) atoms. The Kier molecular flexibility index (Phi) is 4.60. The van der Waals surface area contributed by atoms with Crippen LogP contribution in [0.1, 0.15) is 30.9 Å². The van der Waals surface area contributed by atoms with E-state index in [0.29, 0.717) is 24.3 Å². The van der Waals surface area contributed by atoms with Crippen LogP contribution in [0.25, 0.3) is 0 Å². The molecule has 1 aromatic carbocycles. The van der Waals surface area contributed by atoms with Gasteiger partial charge in [0, 0.05) is 49.7 Å². The highest BCUT2D eigenvalue weighted by molar-refractivity contribution is 5.80. The van der Waals surface area contributed by atoms with Crippen molar-refractivity contribution in [2.24, 2.45) is 17.8 Å². The molecule has 2 saturated heterocycles. The van der Waals surface area contributed by atoms with Crippen LogP contribution in [0.4, 0.5) is 10.3 Å². The predicted molar refractivity (Wildman–Crippen MR) is 106 cm³/mol. The standard InChI is InChI=1S/C22H25FN4O2/c1-29-19-8-9-24-22(25-19)26-11-16-12-27(21(28)14-4-2-5-14)20(18(16)13-26)15-6-3-7-17(23)10-15/h3,6-10,14,16,18,20H,2,4-5,11-13H2,1H3/t16-,18-,20-/m0/s1. The average Bonchev–Trinajstić information content (AvgIpc) is 3.24. The Hall–Kier alpha value is -2.70. The van der Waals surface area contributed by atoms with Gasteiger partial charge in [0.15, 0.2) is 0 Å². The number of ether oxygens (including phenoxy) is 1. The number of halogens is 1. The Morgan fingerprint density at radius 3 is 2.79 bits per heavy atom. The van der Waals surface area contributed by atoms with Crippen LogP contribution in [-0.2, 0) is 4.79 Å². The topological polar surface area (TPSA) is 58.6 Å². The lowest BCUT2D eigenvalue weighted by Crippen LogP contribution is -2.41. The number of likely N-dealkylation sites (tertiary alicyclic amines) is 1. The molecule has 0 bridgehead atoms. The number of fused-ring (bicyclic) bond motifs is 1. The molecule has 0 radical (unpaired) electrons. The molecule has 3 aliphatic rings. The number of hydrogen-bond acceptors (Lipinski definition) is 5. The van der Waals surface area contributed by atoms with Gasteiger partial charge >= 0.3 is 0 Å². The van der Waals surface area contributed by atoms with Crippen molar-refractivity contribution >= 4 is 11.9 Å². The first kappa shape index (κ1) is 18.3. The van der Waals surface area contributed by atoms with Gasteiger partial charge in [0.1, 0.15) is 5.82 Å². The molecule has 7 heteroatoms. The number of amides is 1. The van der Waals surface area contributed by atoms with Gasteiger partial charge in [-0.1, -0.05) is 18.6 Å². The smallest absolute Gasteiger partial charge is 0.228 e. The van der Waals surface area contributed by atoms with Crippen molar-refractivity contribution < 1.29 is 13.9 Å². The van der Waals surface area contributed by atoms with Gasteiger partial charge in [0.25, 0.3) is 0 Å². The van der Waals surface area contributed by atoms with E-state index in [2.05, 4.69) is 14.9 Å². The van der Waals surface area contributed by atoms with E-state index in [4.69, 9.17) is 4.74 Å². The average molecular weight is 396 g/mol. The lowest BCUT2D eigenvalue weighted by atomic mass is 9.83. The lowest BCUT2D eigenvalue weighted by molar-refractivity contribution is -0.139. The summed E-state index contributed by atoms with van der Waals surface area (Å²) in [5, 5.41) is 0. The fourth-order valence-corrected chi connectivity index (χ4v) is 5.04. The summed E-state index contributed by atoms with van der Waals surface area (Å²) in [4.78, 5) is 26.2. The Morgan fingerprint density at radius 1 is 1.21 bits per heavy atom. The molecule has 3 atom stereocenters. The molecule has 0 spiro atoms. The molecule has 1 amide bonds. The third-order valence-corrected chi connectivity index (χ3v) is 6.70. The minimum atomic E-state index is -0.257. The van der Waals surface area contributed by atoms with Crippen LogP contribution in [0.3, 0.4) is 0 Å². The maximum Gasteiger partial charge on any atom is 0.228 e. The van der Waals surface area contributed by atoms with E-state index < -0.39 is 0 Å². The molecule has 2 aliphatic heterocycles. The number of nitrogens with zero attached hydrogens (tertiary/aromatic N) is 4. The highest BCUT2D eigenvalue weighted by Crippen LogP contribution is 2.47. The zero-order valence-electron chi connectivity index (χ0n) is 16.5. The van der Waals surface area contributed by atoms with E-state index in [-0.39, 0.29) is 29.6 Å². The summed E-state index contributed by atoms with van der Waals surface area (Å²) in [7, 11) is 1.59. The number of methoxy groups -OCH3 is 1. The van der Waals surface area contributed by atoms with Gasteiger partial charge in [-0.2, -0.15) is 4.98 Å². The van der Waals surface area contributed by atoms with E-state index in [1.165, 1.54) is 6.07 Å². The minimum absolute atomic E-state index is 0.0978. The molecule has 1 aliphatic carbocycles. The Bertz CT molecular complexity index is 919. The van der Waals surface area contributed by atoms with Crippen LogP contribution in [0, 0.1) is 23.6 Å². The first-order valence-electron chi connectivity index (χ1n) is 10.3. The van der Waals surface area contributed by atoms with Crippen LogP contribution in [0.15, 0.2) is 36.5 Å². The highest BCUT2D eigenvalue weighted by atomic mass is 19.1. The molecule has 1 aromatic heterocycles. The van der Waals surface area contributed by atoms with Gasteiger partial charge in [-0.15, -0.1) is 0 Å². The molecule has 2 aromatic rings. The summed E-state index contributed by atoms with van der Waals surface area (Å²) in [6.07, 6.45) is 4.78. The van der Waals surface area contributed by atoms with Crippen LogP contribution >= 0.6 is 0 Å². The van der Waals surface area contributed by atoms with E-state index in [1.807, 2.05) is 11.0 Å². The van der Waals surface area contributed by atoms with Crippen LogP contribution < -0.4 is 9.64 Å². The van der Waals surface area contributed by atoms with Gasteiger partial charge < -0.3 is 14.5 Å². The number of rotatable bonds is 4. The summed E-state index contributed by atoms with van der Waals surface area (Å²) >= 11 is 0. The zero-order valence-corrected chi connectivity index (χ0v) is 16.5. The van der Waals surface area contributed by atoms with Crippen molar-refractivity contribution in [3.05, 3.63) is 47.9 Å². The normalized spacial score (nSPS) is 26.3.